The zero-order valence-corrected chi connectivity index (χ0v) is 11.1. The van der Waals surface area contributed by atoms with Crippen LogP contribution in [0.2, 0.25) is 0 Å². The maximum absolute atomic E-state index is 12.8. The van der Waals surface area contributed by atoms with Crippen molar-refractivity contribution in [3.8, 4) is 11.1 Å². The van der Waals surface area contributed by atoms with E-state index in [9.17, 15) is 13.2 Å². The zero-order chi connectivity index (χ0) is 14.9. The van der Waals surface area contributed by atoms with E-state index in [4.69, 9.17) is 9.47 Å². The predicted octanol–water partition coefficient (Wildman–Crippen LogP) is 4.42. The lowest BCUT2D eigenvalue weighted by molar-refractivity contribution is -0.137. The van der Waals surface area contributed by atoms with Crippen LogP contribution in [-0.2, 0) is 15.7 Å². The van der Waals surface area contributed by atoms with Crippen LogP contribution in [0, 0.1) is 0 Å². The van der Waals surface area contributed by atoms with Gasteiger partial charge in [0.15, 0.2) is 6.29 Å². The summed E-state index contributed by atoms with van der Waals surface area (Å²) in [6.45, 7) is 0.975. The van der Waals surface area contributed by atoms with E-state index in [1.54, 1.807) is 18.2 Å². The van der Waals surface area contributed by atoms with Crippen LogP contribution in [0.3, 0.4) is 0 Å². The number of benzene rings is 2. The van der Waals surface area contributed by atoms with Crippen molar-refractivity contribution in [2.45, 2.75) is 12.5 Å². The second-order valence-corrected chi connectivity index (χ2v) is 4.74. The molecule has 5 heteroatoms. The summed E-state index contributed by atoms with van der Waals surface area (Å²) in [5.74, 6) is 0. The Morgan fingerprint density at radius 1 is 0.905 bits per heavy atom. The summed E-state index contributed by atoms with van der Waals surface area (Å²) >= 11 is 0. The first-order valence-electron chi connectivity index (χ1n) is 6.55. The number of alkyl halides is 3. The smallest absolute Gasteiger partial charge is 0.346 e. The lowest BCUT2D eigenvalue weighted by Crippen LogP contribution is -2.05. The Bertz CT molecular complexity index is 631. The minimum Gasteiger partial charge on any atom is -0.346 e. The molecule has 0 spiro atoms. The van der Waals surface area contributed by atoms with Crippen molar-refractivity contribution in [3.63, 3.8) is 0 Å². The third kappa shape index (κ3) is 2.94. The van der Waals surface area contributed by atoms with Gasteiger partial charge in [-0.1, -0.05) is 36.4 Å². The monoisotopic (exact) mass is 294 g/mol. The van der Waals surface area contributed by atoms with E-state index in [2.05, 4.69) is 0 Å². The molecule has 21 heavy (non-hydrogen) atoms. The molecule has 0 aliphatic carbocycles. The minimum absolute atomic E-state index is 0.488. The minimum atomic E-state index is -4.36. The van der Waals surface area contributed by atoms with Gasteiger partial charge in [-0.2, -0.15) is 13.2 Å². The molecule has 0 aromatic heterocycles. The quantitative estimate of drug-likeness (QED) is 0.816. The van der Waals surface area contributed by atoms with E-state index in [0.29, 0.717) is 24.3 Å². The lowest BCUT2D eigenvalue weighted by Gasteiger charge is -2.16. The summed E-state index contributed by atoms with van der Waals surface area (Å²) in [5.41, 5.74) is 1.27. The molecular formula is C16H13F3O2. The van der Waals surface area contributed by atoms with Gasteiger partial charge in [-0.3, -0.25) is 0 Å². The van der Waals surface area contributed by atoms with Crippen LogP contribution in [0.4, 0.5) is 13.2 Å². The Labute approximate surface area is 120 Å². The van der Waals surface area contributed by atoms with Gasteiger partial charge in [0.1, 0.15) is 0 Å². The third-order valence-corrected chi connectivity index (χ3v) is 3.34. The summed E-state index contributed by atoms with van der Waals surface area (Å²) in [4.78, 5) is 0. The average molecular weight is 294 g/mol. The first-order chi connectivity index (χ1) is 10.1. The molecule has 0 saturated carbocycles. The summed E-state index contributed by atoms with van der Waals surface area (Å²) in [7, 11) is 0. The van der Waals surface area contributed by atoms with Gasteiger partial charge < -0.3 is 9.47 Å². The summed E-state index contributed by atoms with van der Waals surface area (Å²) < 4.78 is 49.4. The van der Waals surface area contributed by atoms with Crippen LogP contribution < -0.4 is 0 Å². The number of hydrogen-bond donors (Lipinski definition) is 0. The zero-order valence-electron chi connectivity index (χ0n) is 11.1. The Balaban J connectivity index is 2.04. The van der Waals surface area contributed by atoms with Crippen LogP contribution in [0.15, 0.2) is 48.5 Å². The summed E-state index contributed by atoms with van der Waals surface area (Å²) in [6.07, 6.45) is -4.87. The molecule has 110 valence electrons. The van der Waals surface area contributed by atoms with Gasteiger partial charge in [-0.05, 0) is 23.3 Å². The number of halogens is 3. The second-order valence-electron chi connectivity index (χ2n) is 4.74. The molecule has 2 nitrogen and oxygen atoms in total. The fraction of sp³-hybridized carbons (Fsp3) is 0.250. The highest BCUT2D eigenvalue weighted by molar-refractivity contribution is 5.68. The van der Waals surface area contributed by atoms with Crippen molar-refractivity contribution in [1.29, 1.82) is 0 Å². The van der Waals surface area contributed by atoms with E-state index >= 15 is 0 Å². The average Bonchev–Trinajstić information content (AvgIpc) is 3.01. The van der Waals surface area contributed by atoms with Crippen LogP contribution in [0.1, 0.15) is 17.4 Å². The highest BCUT2D eigenvalue weighted by atomic mass is 19.4. The molecule has 0 radical (unpaired) electrons. The normalized spacial score (nSPS) is 16.3. The molecule has 0 bridgehead atoms. The van der Waals surface area contributed by atoms with Crippen molar-refractivity contribution in [3.05, 3.63) is 59.7 Å². The van der Waals surface area contributed by atoms with Crippen molar-refractivity contribution in [1.82, 2.24) is 0 Å². The van der Waals surface area contributed by atoms with Crippen LogP contribution in [0.25, 0.3) is 11.1 Å². The van der Waals surface area contributed by atoms with Crippen molar-refractivity contribution < 1.29 is 22.6 Å². The third-order valence-electron chi connectivity index (χ3n) is 3.34. The second kappa shape index (κ2) is 5.50. The Morgan fingerprint density at radius 3 is 2.33 bits per heavy atom. The molecule has 0 unspecified atom stereocenters. The summed E-state index contributed by atoms with van der Waals surface area (Å²) in [6, 6.07) is 12.5. The summed E-state index contributed by atoms with van der Waals surface area (Å²) in [5, 5.41) is 0. The van der Waals surface area contributed by atoms with Crippen molar-refractivity contribution >= 4 is 0 Å². The van der Waals surface area contributed by atoms with Gasteiger partial charge >= 0.3 is 6.18 Å². The van der Waals surface area contributed by atoms with Crippen LogP contribution in [-0.4, -0.2) is 13.2 Å². The van der Waals surface area contributed by atoms with Crippen LogP contribution >= 0.6 is 0 Å². The van der Waals surface area contributed by atoms with E-state index in [-0.39, 0.29) is 0 Å². The van der Waals surface area contributed by atoms with E-state index < -0.39 is 18.0 Å². The molecule has 0 atom stereocenters. The molecule has 2 aromatic carbocycles. The van der Waals surface area contributed by atoms with E-state index in [0.717, 1.165) is 17.7 Å². The maximum atomic E-state index is 12.8. The predicted molar refractivity (Wildman–Crippen MR) is 71.5 cm³/mol. The fourth-order valence-corrected chi connectivity index (χ4v) is 2.37. The maximum Gasteiger partial charge on any atom is 0.416 e. The molecular weight excluding hydrogens is 281 g/mol. The fourth-order valence-electron chi connectivity index (χ4n) is 2.37. The lowest BCUT2D eigenvalue weighted by atomic mass is 9.97. The van der Waals surface area contributed by atoms with Gasteiger partial charge in [-0.15, -0.1) is 0 Å². The largest absolute Gasteiger partial charge is 0.416 e. The topological polar surface area (TPSA) is 18.5 Å². The first kappa shape index (κ1) is 14.1. The van der Waals surface area contributed by atoms with E-state index in [1.165, 1.54) is 6.07 Å². The highest BCUT2D eigenvalue weighted by Crippen LogP contribution is 2.36. The molecule has 1 fully saturated rings. The van der Waals surface area contributed by atoms with Gasteiger partial charge in [0.2, 0.25) is 0 Å². The van der Waals surface area contributed by atoms with Crippen LogP contribution in [0.5, 0.6) is 0 Å². The van der Waals surface area contributed by atoms with Crippen molar-refractivity contribution in [2.75, 3.05) is 13.2 Å². The SMILES string of the molecule is FC(F)(F)c1cccc(-c2ccccc2C2OCCO2)c1. The molecule has 1 saturated heterocycles. The molecule has 0 amide bonds. The van der Waals surface area contributed by atoms with E-state index in [1.807, 2.05) is 12.1 Å². The molecule has 1 aliphatic heterocycles. The molecule has 1 aliphatic rings. The molecule has 0 N–H and O–H groups in total. The van der Waals surface area contributed by atoms with Crippen molar-refractivity contribution in [2.24, 2.45) is 0 Å². The first-order valence-corrected chi connectivity index (χ1v) is 6.55. The van der Waals surface area contributed by atoms with Gasteiger partial charge in [0, 0.05) is 5.56 Å². The highest BCUT2D eigenvalue weighted by Gasteiger charge is 2.31. The molecule has 2 aromatic rings. The number of ether oxygens (including phenoxy) is 2. The Hall–Kier alpha value is -1.85. The standard InChI is InChI=1S/C16H13F3O2/c17-16(18,19)12-5-3-4-11(10-12)13-6-1-2-7-14(13)15-20-8-9-21-15/h1-7,10,15H,8-9H2. The molecule has 1 heterocycles. The Kier molecular flexibility index (Phi) is 3.69. The number of rotatable bonds is 2. The number of hydrogen-bond acceptors (Lipinski definition) is 2. The van der Waals surface area contributed by atoms with Gasteiger partial charge in [-0.25, -0.2) is 0 Å². The van der Waals surface area contributed by atoms with Gasteiger partial charge in [0.25, 0.3) is 0 Å². The molecule has 3 rings (SSSR count). The van der Waals surface area contributed by atoms with Gasteiger partial charge in [0.05, 0.1) is 18.8 Å². The Morgan fingerprint density at radius 2 is 1.62 bits per heavy atom.